The molecular weight excluding hydrogens is 699 g/mol. The zero-order valence-corrected chi connectivity index (χ0v) is 33.5. The van der Waals surface area contributed by atoms with E-state index in [2.05, 4.69) is 41.7 Å². The van der Waals surface area contributed by atoms with Gasteiger partial charge in [-0.2, -0.15) is 17.0 Å². The summed E-state index contributed by atoms with van der Waals surface area (Å²) in [6.07, 6.45) is 3.31. The van der Waals surface area contributed by atoms with Crippen LogP contribution in [0.1, 0.15) is 65.5 Å². The molecule has 4 N–H and O–H groups in total. The summed E-state index contributed by atoms with van der Waals surface area (Å²) in [7, 11) is 0.566. The van der Waals surface area contributed by atoms with E-state index in [1.807, 2.05) is 52.0 Å². The van der Waals surface area contributed by atoms with Gasteiger partial charge in [0.1, 0.15) is 12.1 Å². The minimum absolute atomic E-state index is 0.0129. The summed E-state index contributed by atoms with van der Waals surface area (Å²) in [6, 6.07) is 3.64. The van der Waals surface area contributed by atoms with Crippen molar-refractivity contribution >= 4 is 39.7 Å². The minimum Gasteiger partial charge on any atom is -0.346 e. The van der Waals surface area contributed by atoms with E-state index in [1.54, 1.807) is 4.90 Å². The van der Waals surface area contributed by atoms with Crippen molar-refractivity contribution in [3.05, 3.63) is 48.0 Å². The van der Waals surface area contributed by atoms with Crippen molar-refractivity contribution in [2.24, 2.45) is 28.6 Å². The lowest BCUT2D eigenvalue weighted by atomic mass is 9.86. The predicted molar refractivity (Wildman–Crippen MR) is 203 cm³/mol. The molecular formula is C38H59N7O7S. The van der Waals surface area contributed by atoms with Gasteiger partial charge in [0.2, 0.25) is 17.6 Å². The first-order valence-electron chi connectivity index (χ1n) is 18.5. The maximum Gasteiger partial charge on any atom is 0.315 e. The van der Waals surface area contributed by atoms with E-state index in [1.165, 1.54) is 31.5 Å². The highest BCUT2D eigenvalue weighted by atomic mass is 32.2. The molecule has 1 aromatic rings. The first kappa shape index (κ1) is 41.9. The van der Waals surface area contributed by atoms with Crippen molar-refractivity contribution in [3.63, 3.8) is 0 Å². The second-order valence-corrected chi connectivity index (χ2v) is 18.9. The average molecular weight is 758 g/mol. The number of nitrogens with zero attached hydrogens (tertiary/aromatic N) is 3. The Hall–Kier alpha value is -3.82. The van der Waals surface area contributed by atoms with E-state index >= 15 is 0 Å². The number of rotatable bonds is 16. The molecule has 5 amide bonds. The van der Waals surface area contributed by atoms with E-state index in [9.17, 15) is 32.4 Å². The molecule has 53 heavy (non-hydrogen) atoms. The number of piperidine rings is 1. The van der Waals surface area contributed by atoms with E-state index < -0.39 is 69.3 Å². The Morgan fingerprint density at radius 1 is 1.02 bits per heavy atom. The Labute approximate surface area is 315 Å². The molecule has 0 bridgehead atoms. The van der Waals surface area contributed by atoms with Crippen LogP contribution in [0.5, 0.6) is 0 Å². The number of likely N-dealkylation sites (N-methyl/N-ethyl adjacent to an activating group) is 1. The molecule has 15 heteroatoms. The Morgan fingerprint density at radius 2 is 1.62 bits per heavy atom. The fraction of sp³-hybridized carbons (Fsp3) is 0.658. The number of likely N-dealkylation sites (tertiary alicyclic amines) is 1. The summed E-state index contributed by atoms with van der Waals surface area (Å²) < 4.78 is 28.0. The van der Waals surface area contributed by atoms with Crippen LogP contribution < -0.4 is 21.3 Å². The lowest BCUT2D eigenvalue weighted by Crippen LogP contribution is -2.62. The van der Waals surface area contributed by atoms with Gasteiger partial charge in [0.05, 0.1) is 6.04 Å². The van der Waals surface area contributed by atoms with Crippen molar-refractivity contribution in [3.8, 4) is 0 Å². The van der Waals surface area contributed by atoms with Crippen LogP contribution in [0.2, 0.25) is 0 Å². The highest BCUT2D eigenvalue weighted by Gasteiger charge is 2.69. The fourth-order valence-corrected chi connectivity index (χ4v) is 8.83. The molecule has 14 nitrogen and oxygen atoms in total. The van der Waals surface area contributed by atoms with Gasteiger partial charge in [-0.3, -0.25) is 19.2 Å². The second-order valence-electron chi connectivity index (χ2n) is 16.6. The molecule has 1 aromatic carbocycles. The smallest absolute Gasteiger partial charge is 0.315 e. The topological polar surface area (TPSA) is 177 Å². The summed E-state index contributed by atoms with van der Waals surface area (Å²) in [5.41, 5.74) is 1.37. The summed E-state index contributed by atoms with van der Waals surface area (Å²) in [5.74, 6) is -2.93. The number of hydrogen-bond acceptors (Lipinski definition) is 7. The van der Waals surface area contributed by atoms with Gasteiger partial charge in [-0.15, -0.1) is 6.58 Å². The van der Waals surface area contributed by atoms with Crippen molar-refractivity contribution in [2.75, 3.05) is 40.8 Å². The van der Waals surface area contributed by atoms with Crippen LogP contribution in [0, 0.1) is 28.6 Å². The van der Waals surface area contributed by atoms with Crippen molar-refractivity contribution in [1.29, 1.82) is 0 Å². The highest BCUT2D eigenvalue weighted by Crippen LogP contribution is 2.65. The molecule has 2 fully saturated rings. The molecule has 0 radical (unpaired) electrons. The number of nitrogens with one attached hydrogen (secondary N) is 4. The van der Waals surface area contributed by atoms with Gasteiger partial charge < -0.3 is 26.2 Å². The van der Waals surface area contributed by atoms with E-state index in [-0.39, 0.29) is 42.7 Å². The third-order valence-corrected chi connectivity index (χ3v) is 13.2. The van der Waals surface area contributed by atoms with Crippen molar-refractivity contribution < 1.29 is 32.4 Å². The highest BCUT2D eigenvalue weighted by molar-refractivity contribution is 7.86. The van der Waals surface area contributed by atoms with Crippen LogP contribution in [0.15, 0.2) is 36.9 Å². The molecule has 1 heterocycles. The van der Waals surface area contributed by atoms with Gasteiger partial charge in [-0.1, -0.05) is 78.3 Å². The van der Waals surface area contributed by atoms with Crippen LogP contribution in [-0.2, 0) is 42.2 Å². The lowest BCUT2D eigenvalue weighted by Gasteiger charge is -2.37. The first-order chi connectivity index (χ1) is 24.7. The number of fused-ring (bicyclic) bond motifs is 2. The Morgan fingerprint density at radius 3 is 2.15 bits per heavy atom. The fourth-order valence-electron chi connectivity index (χ4n) is 7.93. The maximum absolute atomic E-state index is 14.8. The molecule has 2 aliphatic carbocycles. The number of carbonyl (C=O) groups is 5. The van der Waals surface area contributed by atoms with Crippen LogP contribution in [-0.4, -0.2) is 116 Å². The molecule has 6 atom stereocenters. The minimum atomic E-state index is -3.76. The van der Waals surface area contributed by atoms with Crippen LogP contribution in [0.4, 0.5) is 4.79 Å². The normalized spacial score (nSPS) is 22.3. The summed E-state index contributed by atoms with van der Waals surface area (Å²) >= 11 is 0. The predicted octanol–water partition coefficient (Wildman–Crippen LogP) is 1.86. The zero-order valence-electron chi connectivity index (χ0n) is 32.7. The molecule has 0 unspecified atom stereocenters. The number of amides is 5. The third-order valence-electron chi connectivity index (χ3n) is 11.4. The number of carbonyl (C=O) groups excluding carboxylic acids is 5. The van der Waals surface area contributed by atoms with Crippen LogP contribution in [0.25, 0.3) is 0 Å². The number of urea groups is 1. The molecule has 3 aliphatic rings. The summed E-state index contributed by atoms with van der Waals surface area (Å²) in [6.45, 7) is 15.6. The molecule has 294 valence electrons. The van der Waals surface area contributed by atoms with Crippen LogP contribution in [0.3, 0.4) is 0 Å². The number of hydrogen-bond donors (Lipinski definition) is 4. The first-order valence-corrected chi connectivity index (χ1v) is 19.9. The zero-order chi connectivity index (χ0) is 39.6. The van der Waals surface area contributed by atoms with E-state index in [0.29, 0.717) is 25.8 Å². The Balaban J connectivity index is 1.62. The van der Waals surface area contributed by atoms with Gasteiger partial charge >= 0.3 is 6.03 Å². The SMILES string of the molecule is C=CCNC(=O)C(=O)[C@@H](CCC)NC(=O)[C@@H]1[C@@H]2[C@H](CN1C(=O)[C@@H](NC(=O)N[C@H](CN(C)S(=O)(=O)N(C)C)C(C)(C)C)C1Cc3ccccc3C1)C2(C)C. The molecule has 0 spiro atoms. The lowest BCUT2D eigenvalue weighted by molar-refractivity contribution is -0.144. The van der Waals surface area contributed by atoms with E-state index in [4.69, 9.17) is 0 Å². The van der Waals surface area contributed by atoms with Gasteiger partial charge in [-0.05, 0) is 59.0 Å². The van der Waals surface area contributed by atoms with Gasteiger partial charge in [0.15, 0.2) is 0 Å². The standard InChI is InChI=1S/C38H59N7O7S/c1-11-15-27(32(46)34(48)39-18-12-2)40-33(47)31-29-26(38(29,6)7)21-45(31)35(49)30(25-19-23-16-13-14-17-24(23)20-25)42-36(50)41-28(37(3,4)5)22-44(10)53(51,52)43(8)9/h12-14,16-17,25-31H,2,11,15,18-22H2,1,3-10H3,(H,39,48)(H,40,47)(H2,41,42,50)/t26-,27+,28+,29-,30-,31-/m0/s1. The monoisotopic (exact) mass is 757 g/mol. The largest absolute Gasteiger partial charge is 0.346 e. The number of ketones is 1. The maximum atomic E-state index is 14.8. The number of benzene rings is 1. The number of Topliss-reactive ketones (excluding diaryl/α,β-unsaturated/α-hetero) is 1. The van der Waals surface area contributed by atoms with Crippen molar-refractivity contribution in [1.82, 2.24) is 34.8 Å². The van der Waals surface area contributed by atoms with Crippen molar-refractivity contribution in [2.45, 2.75) is 91.4 Å². The summed E-state index contributed by atoms with van der Waals surface area (Å²) in [4.78, 5) is 70.2. The quantitative estimate of drug-likeness (QED) is 0.147. The van der Waals surface area contributed by atoms with Gasteiger partial charge in [0, 0.05) is 46.8 Å². The van der Waals surface area contributed by atoms with E-state index in [0.717, 1.165) is 15.4 Å². The second kappa shape index (κ2) is 16.3. The average Bonchev–Trinajstić information content (AvgIpc) is 3.43. The molecule has 4 rings (SSSR count). The molecule has 1 saturated heterocycles. The summed E-state index contributed by atoms with van der Waals surface area (Å²) in [5, 5.41) is 11.2. The van der Waals surface area contributed by atoms with Gasteiger partial charge in [0.25, 0.3) is 16.1 Å². The molecule has 0 aromatic heterocycles. The molecule has 1 saturated carbocycles. The Kier molecular flexibility index (Phi) is 12.9. The Bertz CT molecular complexity index is 1660. The van der Waals surface area contributed by atoms with Crippen LogP contribution >= 0.6 is 0 Å². The molecule has 1 aliphatic heterocycles. The third kappa shape index (κ3) is 9.11. The van der Waals surface area contributed by atoms with Gasteiger partial charge in [-0.25, -0.2) is 4.79 Å².